The molecule has 0 aliphatic carbocycles. The van der Waals surface area contributed by atoms with E-state index < -0.39 is 49.1 Å². The number of carboxylic acid groups (broad SMARTS) is 1. The fourth-order valence-corrected chi connectivity index (χ4v) is 1.78. The molecular weight excluding hydrogens is 314 g/mol. The average molecular weight is 337 g/mol. The quantitative estimate of drug-likeness (QED) is 0.203. The number of hydrogen-bond acceptors (Lipinski definition) is 7. The number of hydrogen-bond donors (Lipinski definition) is 7. The number of carbonyl (C=O) groups is 3. The van der Waals surface area contributed by atoms with Crippen LogP contribution in [-0.2, 0) is 14.4 Å². The lowest BCUT2D eigenvalue weighted by atomic mass is 10.2. The van der Waals surface area contributed by atoms with Gasteiger partial charge in [-0.2, -0.15) is 12.6 Å². The number of amides is 2. The largest absolute Gasteiger partial charge is 0.480 e. The zero-order chi connectivity index (χ0) is 17.1. The molecule has 0 spiro atoms. The molecule has 128 valence electrons. The van der Waals surface area contributed by atoms with E-state index in [1.165, 1.54) is 0 Å². The molecule has 9 nitrogen and oxygen atoms in total. The van der Waals surface area contributed by atoms with Gasteiger partial charge in [0.1, 0.15) is 12.1 Å². The zero-order valence-corrected chi connectivity index (χ0v) is 13.2. The van der Waals surface area contributed by atoms with E-state index in [4.69, 9.17) is 10.2 Å². The van der Waals surface area contributed by atoms with Gasteiger partial charge in [0, 0.05) is 5.75 Å². The third-order valence-electron chi connectivity index (χ3n) is 2.75. The average Bonchev–Trinajstić information content (AvgIpc) is 2.50. The van der Waals surface area contributed by atoms with E-state index in [0.29, 0.717) is 6.54 Å². The van der Waals surface area contributed by atoms with Crippen LogP contribution in [0.1, 0.15) is 13.3 Å². The number of aliphatic hydroxyl groups excluding tert-OH is 2. The SMILES string of the molecule is CCCN[C@@H](CS)C(=O)N[C@@H](CO)C(=O)N[C@@H](CO)C(=O)O. The summed E-state index contributed by atoms with van der Waals surface area (Å²) in [4.78, 5) is 34.5. The second-order valence-electron chi connectivity index (χ2n) is 4.52. The lowest BCUT2D eigenvalue weighted by Crippen LogP contribution is -2.57. The van der Waals surface area contributed by atoms with Crippen LogP contribution in [0.15, 0.2) is 0 Å². The van der Waals surface area contributed by atoms with Gasteiger partial charge in [-0.1, -0.05) is 6.92 Å². The molecule has 0 fully saturated rings. The number of carboxylic acids is 1. The van der Waals surface area contributed by atoms with Gasteiger partial charge in [0.05, 0.1) is 19.3 Å². The Bertz CT molecular complexity index is 382. The Balaban J connectivity index is 4.65. The highest BCUT2D eigenvalue weighted by Gasteiger charge is 2.27. The maximum Gasteiger partial charge on any atom is 0.328 e. The number of aliphatic hydroxyl groups is 2. The Labute approximate surface area is 133 Å². The fourth-order valence-electron chi connectivity index (χ4n) is 1.48. The zero-order valence-electron chi connectivity index (χ0n) is 12.3. The lowest BCUT2D eigenvalue weighted by molar-refractivity contribution is -0.143. The highest BCUT2D eigenvalue weighted by Crippen LogP contribution is 1.94. The molecule has 0 rings (SSSR count). The molecule has 10 heteroatoms. The van der Waals surface area contributed by atoms with Crippen LogP contribution in [0.5, 0.6) is 0 Å². The molecule has 0 bridgehead atoms. The Kier molecular flexibility index (Phi) is 10.5. The predicted octanol–water partition coefficient (Wildman–Crippen LogP) is -2.68. The van der Waals surface area contributed by atoms with E-state index in [1.54, 1.807) is 0 Å². The van der Waals surface area contributed by atoms with Crippen LogP contribution in [0.25, 0.3) is 0 Å². The molecular formula is C12H23N3O6S. The van der Waals surface area contributed by atoms with E-state index in [1.807, 2.05) is 12.2 Å². The minimum absolute atomic E-state index is 0.194. The topological polar surface area (TPSA) is 148 Å². The van der Waals surface area contributed by atoms with Gasteiger partial charge in [0.25, 0.3) is 0 Å². The van der Waals surface area contributed by atoms with Crippen LogP contribution in [0.2, 0.25) is 0 Å². The van der Waals surface area contributed by atoms with E-state index in [0.717, 1.165) is 6.42 Å². The van der Waals surface area contributed by atoms with Gasteiger partial charge in [0.2, 0.25) is 11.8 Å². The summed E-state index contributed by atoms with van der Waals surface area (Å²) in [6, 6.07) is -3.46. The standard InChI is InChI=1S/C12H23N3O6S/c1-2-3-13-9(6-22)11(19)14-7(4-16)10(18)15-8(5-17)12(20)21/h7-9,13,16-17,22H,2-6H2,1H3,(H,14,19)(H,15,18)(H,20,21)/t7-,8-,9-/m0/s1. The van der Waals surface area contributed by atoms with Crippen molar-refractivity contribution in [3.8, 4) is 0 Å². The van der Waals surface area contributed by atoms with Crippen LogP contribution in [-0.4, -0.2) is 76.7 Å². The summed E-state index contributed by atoms with van der Waals surface area (Å²) in [5, 5.41) is 34.0. The van der Waals surface area contributed by atoms with Gasteiger partial charge in [-0.3, -0.25) is 9.59 Å². The van der Waals surface area contributed by atoms with Gasteiger partial charge in [-0.05, 0) is 13.0 Å². The van der Waals surface area contributed by atoms with E-state index in [9.17, 15) is 19.5 Å². The molecule has 0 heterocycles. The molecule has 6 N–H and O–H groups in total. The summed E-state index contributed by atoms with van der Waals surface area (Å²) in [6.07, 6.45) is 0.804. The monoisotopic (exact) mass is 337 g/mol. The third-order valence-corrected chi connectivity index (χ3v) is 3.12. The summed E-state index contributed by atoms with van der Waals surface area (Å²) >= 11 is 4.03. The van der Waals surface area contributed by atoms with Gasteiger partial charge < -0.3 is 31.3 Å². The summed E-state index contributed by atoms with van der Waals surface area (Å²) in [6.45, 7) is 0.999. The van der Waals surface area contributed by atoms with Crippen molar-refractivity contribution < 1.29 is 29.7 Å². The van der Waals surface area contributed by atoms with Crippen molar-refractivity contribution in [2.75, 3.05) is 25.5 Å². The van der Waals surface area contributed by atoms with Crippen LogP contribution in [0, 0.1) is 0 Å². The molecule has 0 aromatic heterocycles. The van der Waals surface area contributed by atoms with Crippen LogP contribution < -0.4 is 16.0 Å². The maximum absolute atomic E-state index is 12.0. The lowest BCUT2D eigenvalue weighted by Gasteiger charge is -2.22. The Hall–Kier alpha value is -1.36. The fraction of sp³-hybridized carbons (Fsp3) is 0.750. The first-order valence-corrected chi connectivity index (χ1v) is 7.43. The number of thiol groups is 1. The van der Waals surface area contributed by atoms with Crippen LogP contribution in [0.4, 0.5) is 0 Å². The molecule has 0 aliphatic heterocycles. The third kappa shape index (κ3) is 7.07. The predicted molar refractivity (Wildman–Crippen MR) is 81.6 cm³/mol. The van der Waals surface area contributed by atoms with Gasteiger partial charge in [-0.25, -0.2) is 4.79 Å². The highest BCUT2D eigenvalue weighted by atomic mass is 32.1. The smallest absolute Gasteiger partial charge is 0.328 e. The Morgan fingerprint density at radius 1 is 1.00 bits per heavy atom. The molecule has 0 aliphatic rings. The molecule has 3 atom stereocenters. The van der Waals surface area contributed by atoms with Gasteiger partial charge >= 0.3 is 5.97 Å². The van der Waals surface area contributed by atoms with E-state index >= 15 is 0 Å². The molecule has 0 radical (unpaired) electrons. The molecule has 0 aromatic rings. The van der Waals surface area contributed by atoms with E-state index in [-0.39, 0.29) is 5.75 Å². The molecule has 0 saturated heterocycles. The van der Waals surface area contributed by atoms with Crippen molar-refractivity contribution in [1.82, 2.24) is 16.0 Å². The summed E-state index contributed by atoms with van der Waals surface area (Å²) in [5.41, 5.74) is 0. The Morgan fingerprint density at radius 3 is 1.91 bits per heavy atom. The molecule has 2 amide bonds. The van der Waals surface area contributed by atoms with Crippen molar-refractivity contribution in [1.29, 1.82) is 0 Å². The first-order chi connectivity index (χ1) is 10.4. The first-order valence-electron chi connectivity index (χ1n) is 6.80. The summed E-state index contributed by atoms with van der Waals surface area (Å²) in [5.74, 6) is -2.66. The van der Waals surface area contributed by atoms with Crippen molar-refractivity contribution in [2.24, 2.45) is 0 Å². The molecule has 22 heavy (non-hydrogen) atoms. The second kappa shape index (κ2) is 11.2. The number of aliphatic carboxylic acids is 1. The second-order valence-corrected chi connectivity index (χ2v) is 4.88. The number of carbonyl (C=O) groups excluding carboxylic acids is 2. The highest BCUT2D eigenvalue weighted by molar-refractivity contribution is 7.80. The Morgan fingerprint density at radius 2 is 1.50 bits per heavy atom. The minimum atomic E-state index is -1.50. The van der Waals surface area contributed by atoms with Crippen molar-refractivity contribution in [3.05, 3.63) is 0 Å². The molecule has 0 aromatic carbocycles. The molecule has 0 unspecified atom stereocenters. The van der Waals surface area contributed by atoms with E-state index in [2.05, 4.69) is 23.3 Å². The minimum Gasteiger partial charge on any atom is -0.480 e. The number of nitrogens with one attached hydrogen (secondary N) is 3. The number of rotatable bonds is 11. The summed E-state index contributed by atoms with van der Waals surface area (Å²) < 4.78 is 0. The first kappa shape index (κ1) is 20.6. The van der Waals surface area contributed by atoms with Crippen molar-refractivity contribution in [2.45, 2.75) is 31.5 Å². The van der Waals surface area contributed by atoms with Gasteiger partial charge in [-0.15, -0.1) is 0 Å². The van der Waals surface area contributed by atoms with Crippen LogP contribution >= 0.6 is 12.6 Å². The van der Waals surface area contributed by atoms with Gasteiger partial charge in [0.15, 0.2) is 0 Å². The van der Waals surface area contributed by atoms with Crippen molar-refractivity contribution in [3.63, 3.8) is 0 Å². The summed E-state index contributed by atoms with van der Waals surface area (Å²) in [7, 11) is 0. The van der Waals surface area contributed by atoms with Crippen molar-refractivity contribution >= 4 is 30.4 Å². The normalized spacial score (nSPS) is 14.7. The maximum atomic E-state index is 12.0. The van der Waals surface area contributed by atoms with Crippen LogP contribution in [0.3, 0.4) is 0 Å². The molecule has 0 saturated carbocycles.